The van der Waals surface area contributed by atoms with Crippen LogP contribution in [0.3, 0.4) is 0 Å². The Morgan fingerprint density at radius 1 is 1.41 bits per heavy atom. The number of rotatable bonds is 2. The SMILES string of the molecule is [C-]#[N+]C1(C(=O)OC)Cc2cccc(OC)c2C1. The number of nitrogens with zero attached hydrogens (tertiary/aromatic N) is 1. The zero-order chi connectivity index (χ0) is 12.5. The van der Waals surface area contributed by atoms with E-state index in [4.69, 9.17) is 16.0 Å². The lowest BCUT2D eigenvalue weighted by Crippen LogP contribution is -2.37. The monoisotopic (exact) mass is 231 g/mol. The number of carbonyl (C=O) groups excluding carboxylic acids is 1. The minimum Gasteiger partial charge on any atom is -0.496 e. The molecule has 17 heavy (non-hydrogen) atoms. The van der Waals surface area contributed by atoms with Crippen LogP contribution in [0.5, 0.6) is 5.75 Å². The number of hydrogen-bond acceptors (Lipinski definition) is 3. The Morgan fingerprint density at radius 2 is 2.18 bits per heavy atom. The van der Waals surface area contributed by atoms with Crippen molar-refractivity contribution in [3.63, 3.8) is 0 Å². The van der Waals surface area contributed by atoms with E-state index in [2.05, 4.69) is 4.85 Å². The van der Waals surface area contributed by atoms with Crippen molar-refractivity contribution in [1.82, 2.24) is 0 Å². The maximum atomic E-state index is 11.8. The highest BCUT2D eigenvalue weighted by Crippen LogP contribution is 2.38. The predicted octanol–water partition coefficient (Wildman–Crippen LogP) is 1.62. The highest BCUT2D eigenvalue weighted by Gasteiger charge is 2.52. The van der Waals surface area contributed by atoms with Gasteiger partial charge in [0.2, 0.25) is 0 Å². The van der Waals surface area contributed by atoms with Crippen LogP contribution in [0.4, 0.5) is 0 Å². The van der Waals surface area contributed by atoms with Gasteiger partial charge >= 0.3 is 11.5 Å². The average Bonchev–Trinajstić information content (AvgIpc) is 2.77. The first-order valence-electron chi connectivity index (χ1n) is 5.28. The van der Waals surface area contributed by atoms with Gasteiger partial charge in [0.05, 0.1) is 27.1 Å². The van der Waals surface area contributed by atoms with E-state index in [1.54, 1.807) is 7.11 Å². The van der Waals surface area contributed by atoms with Gasteiger partial charge < -0.3 is 9.47 Å². The molecule has 0 saturated carbocycles. The van der Waals surface area contributed by atoms with Crippen LogP contribution >= 0.6 is 0 Å². The summed E-state index contributed by atoms with van der Waals surface area (Å²) in [6.07, 6.45) is 0.762. The molecule has 1 aromatic rings. The van der Waals surface area contributed by atoms with E-state index in [0.717, 1.165) is 16.9 Å². The van der Waals surface area contributed by atoms with Crippen molar-refractivity contribution in [3.8, 4) is 5.75 Å². The molecular formula is C13H13NO3. The molecule has 4 heteroatoms. The Morgan fingerprint density at radius 3 is 2.76 bits per heavy atom. The van der Waals surface area contributed by atoms with Gasteiger partial charge in [-0.25, -0.2) is 11.4 Å². The smallest absolute Gasteiger partial charge is 0.393 e. The number of benzene rings is 1. The van der Waals surface area contributed by atoms with Gasteiger partial charge in [0.1, 0.15) is 5.75 Å². The van der Waals surface area contributed by atoms with Gasteiger partial charge in [-0.2, -0.15) is 0 Å². The lowest BCUT2D eigenvalue weighted by molar-refractivity contribution is -0.145. The molecule has 1 unspecified atom stereocenters. The summed E-state index contributed by atoms with van der Waals surface area (Å²) in [5.74, 6) is 0.266. The van der Waals surface area contributed by atoms with Gasteiger partial charge in [-0.15, -0.1) is 0 Å². The van der Waals surface area contributed by atoms with Crippen LogP contribution < -0.4 is 4.74 Å². The van der Waals surface area contributed by atoms with E-state index >= 15 is 0 Å². The van der Waals surface area contributed by atoms with Crippen LogP contribution in [0.1, 0.15) is 11.1 Å². The zero-order valence-corrected chi connectivity index (χ0v) is 9.82. The Kier molecular flexibility index (Phi) is 2.76. The number of ether oxygens (including phenoxy) is 2. The molecule has 2 rings (SSSR count). The third-order valence-electron chi connectivity index (χ3n) is 3.18. The van der Waals surface area contributed by atoms with E-state index in [0.29, 0.717) is 12.8 Å². The number of methoxy groups -OCH3 is 2. The fourth-order valence-electron chi connectivity index (χ4n) is 2.30. The van der Waals surface area contributed by atoms with Crippen LogP contribution in [0.15, 0.2) is 18.2 Å². The van der Waals surface area contributed by atoms with Crippen molar-refractivity contribution in [2.75, 3.05) is 14.2 Å². The Hall–Kier alpha value is -2.02. The normalized spacial score (nSPS) is 21.5. The molecule has 1 aliphatic carbocycles. The topological polar surface area (TPSA) is 39.9 Å². The first-order chi connectivity index (χ1) is 8.16. The standard InChI is InChI=1S/C13H13NO3/c1-14-13(12(15)17-3)7-9-5-4-6-11(16-2)10(9)8-13/h4-6H,7-8H2,2-3H3. The summed E-state index contributed by atoms with van der Waals surface area (Å²) in [7, 11) is 2.90. The third kappa shape index (κ3) is 1.64. The van der Waals surface area contributed by atoms with Gasteiger partial charge in [-0.05, 0) is 11.6 Å². The minimum atomic E-state index is -1.11. The Bertz CT molecular complexity index is 504. The number of esters is 1. The van der Waals surface area contributed by atoms with Crippen LogP contribution in [0, 0.1) is 6.57 Å². The summed E-state index contributed by atoms with van der Waals surface area (Å²) < 4.78 is 9.99. The third-order valence-corrected chi connectivity index (χ3v) is 3.18. The minimum absolute atomic E-state index is 0.364. The summed E-state index contributed by atoms with van der Waals surface area (Å²) in [4.78, 5) is 15.3. The van der Waals surface area contributed by atoms with E-state index in [-0.39, 0.29) is 0 Å². The maximum absolute atomic E-state index is 11.8. The molecule has 0 aliphatic heterocycles. The van der Waals surface area contributed by atoms with Crippen LogP contribution in [-0.4, -0.2) is 25.7 Å². The average molecular weight is 231 g/mol. The highest BCUT2D eigenvalue weighted by atomic mass is 16.5. The van der Waals surface area contributed by atoms with Crippen molar-refractivity contribution in [1.29, 1.82) is 0 Å². The van der Waals surface area contributed by atoms with Gasteiger partial charge in [0.25, 0.3) is 0 Å². The van der Waals surface area contributed by atoms with Gasteiger partial charge in [-0.1, -0.05) is 12.1 Å². The largest absolute Gasteiger partial charge is 0.496 e. The van der Waals surface area contributed by atoms with Crippen molar-refractivity contribution in [3.05, 3.63) is 40.7 Å². The second-order valence-corrected chi connectivity index (χ2v) is 4.09. The number of hydrogen-bond donors (Lipinski definition) is 0. The van der Waals surface area contributed by atoms with Crippen LogP contribution in [-0.2, 0) is 22.4 Å². The maximum Gasteiger partial charge on any atom is 0.393 e. The van der Waals surface area contributed by atoms with E-state index in [1.807, 2.05) is 18.2 Å². The van der Waals surface area contributed by atoms with Crippen LogP contribution in [0.2, 0.25) is 0 Å². The molecule has 0 aromatic heterocycles. The summed E-state index contributed by atoms with van der Waals surface area (Å²) in [5.41, 5.74) is 0.827. The number of carbonyl (C=O) groups is 1. The first-order valence-corrected chi connectivity index (χ1v) is 5.28. The lowest BCUT2D eigenvalue weighted by Gasteiger charge is -2.12. The first kappa shape index (κ1) is 11.5. The number of fused-ring (bicyclic) bond motifs is 1. The van der Waals surface area contributed by atoms with E-state index < -0.39 is 11.5 Å². The van der Waals surface area contributed by atoms with Crippen molar-refractivity contribution >= 4 is 5.97 Å². The molecule has 1 aliphatic rings. The van der Waals surface area contributed by atoms with Gasteiger partial charge in [0, 0.05) is 5.56 Å². The second-order valence-electron chi connectivity index (χ2n) is 4.09. The lowest BCUT2D eigenvalue weighted by atomic mass is 9.97. The quantitative estimate of drug-likeness (QED) is 0.573. The van der Waals surface area contributed by atoms with Crippen LogP contribution in [0.25, 0.3) is 4.85 Å². The Labute approximate surface area is 100.0 Å². The van der Waals surface area contributed by atoms with E-state index in [1.165, 1.54) is 7.11 Å². The molecule has 0 radical (unpaired) electrons. The van der Waals surface area contributed by atoms with E-state index in [9.17, 15) is 4.79 Å². The van der Waals surface area contributed by atoms with Crippen molar-refractivity contribution in [2.24, 2.45) is 0 Å². The molecule has 0 saturated heterocycles. The Balaban J connectivity index is 2.44. The summed E-state index contributed by atoms with van der Waals surface area (Å²) >= 11 is 0. The van der Waals surface area contributed by atoms with Gasteiger partial charge in [0.15, 0.2) is 0 Å². The molecule has 0 amide bonds. The fraction of sp³-hybridized carbons (Fsp3) is 0.385. The fourth-order valence-corrected chi connectivity index (χ4v) is 2.30. The molecule has 0 heterocycles. The summed E-state index contributed by atoms with van der Waals surface area (Å²) in [6, 6.07) is 5.64. The van der Waals surface area contributed by atoms with Crippen molar-refractivity contribution in [2.45, 2.75) is 18.4 Å². The molecule has 0 N–H and O–H groups in total. The molecular weight excluding hydrogens is 218 g/mol. The van der Waals surface area contributed by atoms with Crippen molar-refractivity contribution < 1.29 is 14.3 Å². The molecule has 1 aromatic carbocycles. The predicted molar refractivity (Wildman–Crippen MR) is 61.8 cm³/mol. The molecule has 0 fully saturated rings. The summed E-state index contributed by atoms with van der Waals surface area (Å²) in [5, 5.41) is 0. The highest BCUT2D eigenvalue weighted by molar-refractivity contribution is 5.85. The zero-order valence-electron chi connectivity index (χ0n) is 9.82. The summed E-state index contributed by atoms with van der Waals surface area (Å²) in [6.45, 7) is 7.27. The molecule has 1 atom stereocenters. The molecule has 4 nitrogen and oxygen atoms in total. The molecule has 0 bridgehead atoms. The second kappa shape index (κ2) is 4.10. The molecule has 88 valence electrons. The molecule has 0 spiro atoms. The van der Waals surface area contributed by atoms with Gasteiger partial charge in [-0.3, -0.25) is 4.85 Å².